The molecule has 1 fully saturated rings. The molecule has 130 valence electrons. The molecule has 0 aromatic carbocycles. The van der Waals surface area contributed by atoms with Gasteiger partial charge in [-0.1, -0.05) is 12.1 Å². The van der Waals surface area contributed by atoms with Gasteiger partial charge in [-0.2, -0.15) is 0 Å². The number of carbonyl (C=O) groups is 1. The van der Waals surface area contributed by atoms with Crippen molar-refractivity contribution < 1.29 is 9.32 Å². The molecular weight excluding hydrogens is 292 g/mol. The summed E-state index contributed by atoms with van der Waals surface area (Å²) >= 11 is 0. The van der Waals surface area contributed by atoms with Crippen LogP contribution in [0.3, 0.4) is 0 Å². The van der Waals surface area contributed by atoms with Crippen LogP contribution >= 0.6 is 0 Å². The maximum atomic E-state index is 12.8. The third-order valence-electron chi connectivity index (χ3n) is 4.56. The smallest absolute Gasteiger partial charge is 0.259 e. The van der Waals surface area contributed by atoms with Crippen molar-refractivity contribution in [3.05, 3.63) is 17.5 Å². The lowest BCUT2D eigenvalue weighted by Crippen LogP contribution is -2.49. The van der Waals surface area contributed by atoms with Gasteiger partial charge in [-0.05, 0) is 40.4 Å². The third-order valence-corrected chi connectivity index (χ3v) is 4.56. The van der Waals surface area contributed by atoms with Crippen molar-refractivity contribution in [1.82, 2.24) is 19.9 Å². The van der Waals surface area contributed by atoms with Crippen LogP contribution in [0.4, 0.5) is 0 Å². The first-order valence-electron chi connectivity index (χ1n) is 8.60. The van der Waals surface area contributed by atoms with Gasteiger partial charge in [0, 0.05) is 38.6 Å². The Morgan fingerprint density at radius 3 is 2.87 bits per heavy atom. The molecule has 23 heavy (non-hydrogen) atoms. The number of likely N-dealkylation sites (tertiary alicyclic amines) is 1. The largest absolute Gasteiger partial charge is 0.361 e. The van der Waals surface area contributed by atoms with E-state index in [-0.39, 0.29) is 5.91 Å². The number of carbonyl (C=O) groups excluding carboxylic acids is 1. The first-order chi connectivity index (χ1) is 11.0. The Balaban J connectivity index is 1.97. The van der Waals surface area contributed by atoms with E-state index in [2.05, 4.69) is 43.0 Å². The van der Waals surface area contributed by atoms with Crippen molar-refractivity contribution in [2.24, 2.45) is 0 Å². The highest BCUT2D eigenvalue weighted by Gasteiger charge is 2.29. The summed E-state index contributed by atoms with van der Waals surface area (Å²) in [5.74, 6) is 0.793. The Labute approximate surface area is 139 Å². The van der Waals surface area contributed by atoms with Gasteiger partial charge in [0.1, 0.15) is 11.3 Å². The molecule has 0 saturated carbocycles. The normalized spacial score (nSPS) is 18.9. The highest BCUT2D eigenvalue weighted by atomic mass is 16.5. The summed E-state index contributed by atoms with van der Waals surface area (Å²) in [6, 6.07) is 0.433. The molecule has 0 bridgehead atoms. The molecule has 0 unspecified atom stereocenters. The maximum absolute atomic E-state index is 12.8. The van der Waals surface area contributed by atoms with Crippen LogP contribution in [0, 0.1) is 0 Å². The number of amides is 1. The zero-order valence-corrected chi connectivity index (χ0v) is 14.9. The number of aromatic nitrogens is 1. The molecule has 6 nitrogen and oxygen atoms in total. The van der Waals surface area contributed by atoms with E-state index in [1.54, 1.807) is 6.20 Å². The van der Waals surface area contributed by atoms with Gasteiger partial charge in [-0.3, -0.25) is 4.79 Å². The van der Waals surface area contributed by atoms with Crippen LogP contribution in [-0.4, -0.2) is 79.1 Å². The number of likely N-dealkylation sites (N-methyl/N-ethyl adjacent to an activating group) is 2. The molecule has 0 aliphatic carbocycles. The minimum absolute atomic E-state index is 0.0698. The summed E-state index contributed by atoms with van der Waals surface area (Å²) in [7, 11) is 6.33. The molecule has 2 heterocycles. The van der Waals surface area contributed by atoms with E-state index in [0.717, 1.165) is 57.6 Å². The van der Waals surface area contributed by atoms with Gasteiger partial charge in [-0.15, -0.1) is 0 Å². The maximum Gasteiger partial charge on any atom is 0.259 e. The fraction of sp³-hybridized carbons (Fsp3) is 0.765. The van der Waals surface area contributed by atoms with Crippen molar-refractivity contribution in [3.63, 3.8) is 0 Å². The van der Waals surface area contributed by atoms with Crippen LogP contribution < -0.4 is 0 Å². The minimum Gasteiger partial charge on any atom is -0.361 e. The van der Waals surface area contributed by atoms with Gasteiger partial charge in [0.2, 0.25) is 0 Å². The predicted molar refractivity (Wildman–Crippen MR) is 90.6 cm³/mol. The van der Waals surface area contributed by atoms with Crippen molar-refractivity contribution in [3.8, 4) is 0 Å². The molecule has 1 atom stereocenters. The van der Waals surface area contributed by atoms with E-state index in [1.165, 1.54) is 0 Å². The van der Waals surface area contributed by atoms with E-state index in [1.807, 2.05) is 4.90 Å². The van der Waals surface area contributed by atoms with Gasteiger partial charge < -0.3 is 19.2 Å². The second-order valence-electron chi connectivity index (χ2n) is 6.74. The van der Waals surface area contributed by atoms with Crippen LogP contribution in [0.15, 0.2) is 10.7 Å². The Morgan fingerprint density at radius 2 is 2.17 bits per heavy atom. The molecule has 1 aromatic heterocycles. The lowest BCUT2D eigenvalue weighted by molar-refractivity contribution is 0.0601. The zero-order chi connectivity index (χ0) is 16.8. The molecule has 1 aliphatic rings. The van der Waals surface area contributed by atoms with Crippen molar-refractivity contribution in [2.75, 3.05) is 47.3 Å². The number of hydrogen-bond donors (Lipinski definition) is 0. The summed E-state index contributed by atoms with van der Waals surface area (Å²) in [6.45, 7) is 5.75. The Morgan fingerprint density at radius 1 is 1.39 bits per heavy atom. The number of hydrogen-bond acceptors (Lipinski definition) is 5. The molecule has 6 heteroatoms. The summed E-state index contributed by atoms with van der Waals surface area (Å²) in [6.07, 6.45) is 5.50. The summed E-state index contributed by atoms with van der Waals surface area (Å²) in [5, 5.41) is 3.82. The van der Waals surface area contributed by atoms with Gasteiger partial charge >= 0.3 is 0 Å². The minimum atomic E-state index is 0.0698. The SMILES string of the molecule is CCCc1oncc1C(=O)N1CCC[C@H](N(C)CCN(C)C)C1. The van der Waals surface area contributed by atoms with Crippen LogP contribution in [0.1, 0.15) is 42.3 Å². The van der Waals surface area contributed by atoms with Gasteiger partial charge in [0.15, 0.2) is 0 Å². The standard InChI is InChI=1S/C17H30N4O2/c1-5-7-16-15(12-18-23-16)17(22)21-9-6-8-14(13-21)20(4)11-10-19(2)3/h12,14H,5-11,13H2,1-4H3/t14-/m0/s1. The summed E-state index contributed by atoms with van der Waals surface area (Å²) < 4.78 is 5.24. The highest BCUT2D eigenvalue weighted by molar-refractivity contribution is 5.95. The fourth-order valence-corrected chi connectivity index (χ4v) is 3.06. The quantitative estimate of drug-likeness (QED) is 0.765. The van der Waals surface area contributed by atoms with Crippen molar-refractivity contribution >= 4 is 5.91 Å². The topological polar surface area (TPSA) is 52.8 Å². The van der Waals surface area contributed by atoms with Gasteiger partial charge in [0.05, 0.1) is 6.20 Å². The Kier molecular flexibility index (Phi) is 6.59. The third kappa shape index (κ3) is 4.78. The molecule has 1 saturated heterocycles. The first kappa shape index (κ1) is 17.9. The Bertz CT molecular complexity index is 501. The number of piperidine rings is 1. The van der Waals surface area contributed by atoms with Crippen LogP contribution in [0.2, 0.25) is 0 Å². The first-order valence-corrected chi connectivity index (χ1v) is 8.60. The van der Waals surface area contributed by atoms with E-state index < -0.39 is 0 Å². The fourth-order valence-electron chi connectivity index (χ4n) is 3.06. The number of aryl methyl sites for hydroxylation is 1. The van der Waals surface area contributed by atoms with Crippen molar-refractivity contribution in [1.29, 1.82) is 0 Å². The summed E-state index contributed by atoms with van der Waals surface area (Å²) in [4.78, 5) is 19.3. The van der Waals surface area contributed by atoms with Crippen LogP contribution in [0.25, 0.3) is 0 Å². The summed E-state index contributed by atoms with van der Waals surface area (Å²) in [5.41, 5.74) is 0.642. The molecule has 1 aromatic rings. The van der Waals surface area contributed by atoms with Crippen LogP contribution in [0.5, 0.6) is 0 Å². The molecule has 0 radical (unpaired) electrons. The predicted octanol–water partition coefficient (Wildman–Crippen LogP) is 1.73. The monoisotopic (exact) mass is 322 g/mol. The van der Waals surface area contributed by atoms with E-state index in [0.29, 0.717) is 11.6 Å². The zero-order valence-electron chi connectivity index (χ0n) is 14.9. The molecular formula is C17H30N4O2. The molecule has 0 N–H and O–H groups in total. The number of rotatable bonds is 7. The molecule has 1 amide bonds. The molecule has 2 rings (SSSR count). The van der Waals surface area contributed by atoms with Crippen LogP contribution in [-0.2, 0) is 6.42 Å². The second-order valence-corrected chi connectivity index (χ2v) is 6.74. The number of nitrogens with zero attached hydrogens (tertiary/aromatic N) is 4. The average molecular weight is 322 g/mol. The lowest BCUT2D eigenvalue weighted by Gasteiger charge is -2.38. The van der Waals surface area contributed by atoms with E-state index in [9.17, 15) is 4.79 Å². The lowest BCUT2D eigenvalue weighted by atomic mass is 10.0. The van der Waals surface area contributed by atoms with Gasteiger partial charge in [-0.25, -0.2) is 0 Å². The van der Waals surface area contributed by atoms with Crippen molar-refractivity contribution in [2.45, 2.75) is 38.6 Å². The van der Waals surface area contributed by atoms with Gasteiger partial charge in [0.25, 0.3) is 5.91 Å². The molecule has 0 spiro atoms. The molecule has 1 aliphatic heterocycles. The average Bonchev–Trinajstić information content (AvgIpc) is 3.00. The highest BCUT2D eigenvalue weighted by Crippen LogP contribution is 2.19. The van der Waals surface area contributed by atoms with E-state index in [4.69, 9.17) is 4.52 Å². The second kappa shape index (κ2) is 8.45. The Hall–Kier alpha value is -1.40. The van der Waals surface area contributed by atoms with E-state index >= 15 is 0 Å².